The first-order valence-corrected chi connectivity index (χ1v) is 8.28. The Kier molecular flexibility index (Phi) is 5.60. The molecule has 3 rings (SSSR count). The van der Waals surface area contributed by atoms with Gasteiger partial charge in [-0.15, -0.1) is 0 Å². The average molecular weight is 353 g/mol. The van der Waals surface area contributed by atoms with Gasteiger partial charge in [-0.25, -0.2) is 0 Å². The molecule has 1 saturated heterocycles. The minimum Gasteiger partial charge on any atom is -0.378 e. The third-order valence-corrected chi connectivity index (χ3v) is 4.04. The fourth-order valence-electron chi connectivity index (χ4n) is 2.64. The minimum atomic E-state index is -0.458. The molecule has 2 aromatic carbocycles. The van der Waals surface area contributed by atoms with Crippen molar-refractivity contribution in [1.82, 2.24) is 0 Å². The summed E-state index contributed by atoms with van der Waals surface area (Å²) < 4.78 is 5.34. The molecular formula is C19H19N3O4. The Hall–Kier alpha value is -3.19. The van der Waals surface area contributed by atoms with Crippen LogP contribution in [0.15, 0.2) is 54.6 Å². The van der Waals surface area contributed by atoms with Crippen molar-refractivity contribution < 1.29 is 14.5 Å². The number of ether oxygens (including phenoxy) is 1. The Morgan fingerprint density at radius 2 is 1.73 bits per heavy atom. The molecule has 7 heteroatoms. The van der Waals surface area contributed by atoms with Gasteiger partial charge in [-0.3, -0.25) is 14.9 Å². The molecule has 0 saturated carbocycles. The smallest absolute Gasteiger partial charge is 0.269 e. The van der Waals surface area contributed by atoms with Gasteiger partial charge in [0.1, 0.15) is 0 Å². The molecule has 0 spiro atoms. The zero-order valence-corrected chi connectivity index (χ0v) is 14.1. The van der Waals surface area contributed by atoms with E-state index in [4.69, 9.17) is 4.74 Å². The molecule has 0 aliphatic carbocycles. The predicted molar refractivity (Wildman–Crippen MR) is 100 cm³/mol. The highest BCUT2D eigenvalue weighted by Gasteiger charge is 2.10. The van der Waals surface area contributed by atoms with Crippen LogP contribution in [-0.2, 0) is 9.53 Å². The molecule has 1 heterocycles. The monoisotopic (exact) mass is 353 g/mol. The molecule has 1 aliphatic rings. The summed E-state index contributed by atoms with van der Waals surface area (Å²) >= 11 is 0. The van der Waals surface area contributed by atoms with Gasteiger partial charge in [-0.05, 0) is 48.0 Å². The lowest BCUT2D eigenvalue weighted by Gasteiger charge is -2.28. The summed E-state index contributed by atoms with van der Waals surface area (Å²) in [5, 5.41) is 13.4. The third-order valence-electron chi connectivity index (χ3n) is 4.04. The maximum atomic E-state index is 12.0. The first-order chi connectivity index (χ1) is 12.6. The molecule has 0 bridgehead atoms. The maximum Gasteiger partial charge on any atom is 0.269 e. The molecular weight excluding hydrogens is 334 g/mol. The quantitative estimate of drug-likeness (QED) is 0.507. The first-order valence-electron chi connectivity index (χ1n) is 8.28. The van der Waals surface area contributed by atoms with E-state index in [-0.39, 0.29) is 11.6 Å². The number of benzene rings is 2. The van der Waals surface area contributed by atoms with Crippen molar-refractivity contribution in [3.05, 3.63) is 70.3 Å². The van der Waals surface area contributed by atoms with Crippen molar-refractivity contribution in [1.29, 1.82) is 0 Å². The highest BCUT2D eigenvalue weighted by molar-refractivity contribution is 6.02. The average Bonchev–Trinajstić information content (AvgIpc) is 2.68. The van der Waals surface area contributed by atoms with E-state index in [2.05, 4.69) is 10.2 Å². The summed E-state index contributed by atoms with van der Waals surface area (Å²) in [5.41, 5.74) is 2.55. The number of hydrogen-bond acceptors (Lipinski definition) is 5. The standard InChI is InChI=1S/C19H19N3O4/c23-19(10-3-15-1-6-18(7-2-15)22(24)25)20-16-4-8-17(9-5-16)21-11-13-26-14-12-21/h1-10H,11-14H2,(H,20,23)/b10-3-. The van der Waals surface area contributed by atoms with E-state index in [1.807, 2.05) is 24.3 Å². The topological polar surface area (TPSA) is 84.7 Å². The van der Waals surface area contributed by atoms with Gasteiger partial charge in [0.15, 0.2) is 0 Å². The minimum absolute atomic E-state index is 0.0203. The number of carbonyl (C=O) groups is 1. The van der Waals surface area contributed by atoms with E-state index in [0.717, 1.165) is 32.0 Å². The van der Waals surface area contributed by atoms with Crippen molar-refractivity contribution in [2.45, 2.75) is 0 Å². The Morgan fingerprint density at radius 3 is 2.35 bits per heavy atom. The Bertz CT molecular complexity index is 795. The van der Waals surface area contributed by atoms with Crippen molar-refractivity contribution in [3.63, 3.8) is 0 Å². The van der Waals surface area contributed by atoms with Crippen LogP contribution in [-0.4, -0.2) is 37.1 Å². The summed E-state index contributed by atoms with van der Waals surface area (Å²) in [6.07, 6.45) is 3.01. The number of morpholine rings is 1. The Balaban J connectivity index is 1.56. The van der Waals surface area contributed by atoms with Gasteiger partial charge < -0.3 is 15.0 Å². The van der Waals surface area contributed by atoms with Crippen LogP contribution in [0.3, 0.4) is 0 Å². The SMILES string of the molecule is O=C(/C=C\c1ccc([N+](=O)[O-])cc1)Nc1ccc(N2CCOCC2)cc1. The highest BCUT2D eigenvalue weighted by atomic mass is 16.6. The number of carbonyl (C=O) groups excluding carboxylic acids is 1. The van der Waals surface area contributed by atoms with Gasteiger partial charge >= 0.3 is 0 Å². The fraction of sp³-hybridized carbons (Fsp3) is 0.211. The number of non-ortho nitro benzene ring substituents is 1. The predicted octanol–water partition coefficient (Wildman–Crippen LogP) is 3.08. The molecule has 1 N–H and O–H groups in total. The lowest BCUT2D eigenvalue weighted by Crippen LogP contribution is -2.36. The van der Waals surface area contributed by atoms with Gasteiger partial charge in [0, 0.05) is 42.7 Å². The lowest BCUT2D eigenvalue weighted by atomic mass is 10.2. The van der Waals surface area contributed by atoms with Gasteiger partial charge in [0.05, 0.1) is 18.1 Å². The zero-order chi connectivity index (χ0) is 18.4. The summed E-state index contributed by atoms with van der Waals surface area (Å²) in [7, 11) is 0. The second kappa shape index (κ2) is 8.26. The number of rotatable bonds is 5. The lowest BCUT2D eigenvalue weighted by molar-refractivity contribution is -0.384. The molecule has 2 aromatic rings. The normalized spacial score (nSPS) is 14.4. The van der Waals surface area contributed by atoms with Gasteiger partial charge in [-0.1, -0.05) is 0 Å². The number of nitro benzene ring substituents is 1. The molecule has 0 radical (unpaired) electrons. The van der Waals surface area contributed by atoms with Crippen molar-refractivity contribution in [2.24, 2.45) is 0 Å². The molecule has 0 atom stereocenters. The van der Waals surface area contributed by atoms with Crippen LogP contribution < -0.4 is 10.2 Å². The summed E-state index contributed by atoms with van der Waals surface area (Å²) in [6.45, 7) is 3.19. The first kappa shape index (κ1) is 17.6. The molecule has 1 fully saturated rings. The van der Waals surface area contributed by atoms with Crippen LogP contribution in [0, 0.1) is 10.1 Å². The number of hydrogen-bond donors (Lipinski definition) is 1. The van der Waals surface area contributed by atoms with Crippen LogP contribution in [0.25, 0.3) is 6.08 Å². The van der Waals surface area contributed by atoms with Crippen LogP contribution in [0.4, 0.5) is 17.1 Å². The van der Waals surface area contributed by atoms with Gasteiger partial charge in [0.2, 0.25) is 5.91 Å². The fourth-order valence-corrected chi connectivity index (χ4v) is 2.64. The molecule has 0 aromatic heterocycles. The maximum absolute atomic E-state index is 12.0. The molecule has 134 valence electrons. The Morgan fingerprint density at radius 1 is 1.08 bits per heavy atom. The van der Waals surface area contributed by atoms with E-state index in [0.29, 0.717) is 11.3 Å². The molecule has 26 heavy (non-hydrogen) atoms. The molecule has 1 aliphatic heterocycles. The third kappa shape index (κ3) is 4.67. The van der Waals surface area contributed by atoms with E-state index in [9.17, 15) is 14.9 Å². The van der Waals surface area contributed by atoms with Crippen LogP contribution >= 0.6 is 0 Å². The van der Waals surface area contributed by atoms with Crippen molar-refractivity contribution >= 4 is 29.0 Å². The number of nitrogens with zero attached hydrogens (tertiary/aromatic N) is 2. The zero-order valence-electron chi connectivity index (χ0n) is 14.1. The van der Waals surface area contributed by atoms with Gasteiger partial charge in [0.25, 0.3) is 5.69 Å². The van der Waals surface area contributed by atoms with E-state index >= 15 is 0 Å². The van der Waals surface area contributed by atoms with Crippen LogP contribution in [0.5, 0.6) is 0 Å². The molecule has 1 amide bonds. The number of amides is 1. The number of nitro groups is 1. The Labute approximate surface area is 151 Å². The van der Waals surface area contributed by atoms with E-state index in [1.54, 1.807) is 18.2 Å². The van der Waals surface area contributed by atoms with E-state index in [1.165, 1.54) is 18.2 Å². The van der Waals surface area contributed by atoms with Crippen molar-refractivity contribution in [2.75, 3.05) is 36.5 Å². The summed E-state index contributed by atoms with van der Waals surface area (Å²) in [5.74, 6) is -0.262. The van der Waals surface area contributed by atoms with Crippen LogP contribution in [0.1, 0.15) is 5.56 Å². The second-order valence-corrected chi connectivity index (χ2v) is 5.82. The summed E-state index contributed by atoms with van der Waals surface area (Å²) in [4.78, 5) is 24.4. The van der Waals surface area contributed by atoms with Crippen LogP contribution in [0.2, 0.25) is 0 Å². The number of anilines is 2. The molecule has 7 nitrogen and oxygen atoms in total. The van der Waals surface area contributed by atoms with Crippen molar-refractivity contribution in [3.8, 4) is 0 Å². The number of nitrogens with one attached hydrogen (secondary N) is 1. The van der Waals surface area contributed by atoms with Gasteiger partial charge in [-0.2, -0.15) is 0 Å². The highest BCUT2D eigenvalue weighted by Crippen LogP contribution is 2.19. The van der Waals surface area contributed by atoms with E-state index < -0.39 is 4.92 Å². The molecule has 0 unspecified atom stereocenters. The largest absolute Gasteiger partial charge is 0.378 e. The second-order valence-electron chi connectivity index (χ2n) is 5.82. The summed E-state index contributed by atoms with van der Waals surface area (Å²) in [6, 6.07) is 13.7.